The van der Waals surface area contributed by atoms with Crippen molar-refractivity contribution < 1.29 is 12.8 Å². The van der Waals surface area contributed by atoms with Crippen LogP contribution < -0.4 is 5.32 Å². The molecule has 0 radical (unpaired) electrons. The van der Waals surface area contributed by atoms with Crippen LogP contribution in [-0.4, -0.2) is 30.9 Å². The first-order valence-corrected chi connectivity index (χ1v) is 12.3. The molecule has 4 rings (SSSR count). The van der Waals surface area contributed by atoms with E-state index in [0.717, 1.165) is 29.1 Å². The second-order valence-corrected chi connectivity index (χ2v) is 10.1. The molecule has 0 amide bonds. The summed E-state index contributed by atoms with van der Waals surface area (Å²) < 4.78 is 42.9. The van der Waals surface area contributed by atoms with Crippen LogP contribution in [0.4, 0.5) is 4.39 Å². The van der Waals surface area contributed by atoms with E-state index in [-0.39, 0.29) is 10.5 Å². The monoisotopic (exact) mass is 442 g/mol. The fraction of sp³-hybridized carbons (Fsp3) is 0.217. The molecule has 2 heterocycles. The van der Waals surface area contributed by atoms with Crippen LogP contribution in [0.15, 0.2) is 71.8 Å². The first-order chi connectivity index (χ1) is 14.5. The minimum Gasteiger partial charge on any atom is -0.316 e. The zero-order chi connectivity index (χ0) is 21.1. The highest BCUT2D eigenvalue weighted by molar-refractivity contribution is 7.99. The van der Waals surface area contributed by atoms with Crippen LogP contribution in [0.5, 0.6) is 0 Å². The van der Waals surface area contributed by atoms with Crippen LogP contribution in [-0.2, 0) is 16.6 Å². The normalized spacial score (nSPS) is 14.5. The molecule has 0 fully saturated rings. The number of allylic oxidation sites excluding steroid dienone is 1. The number of hydrogen-bond donors (Lipinski definition) is 1. The van der Waals surface area contributed by atoms with E-state index < -0.39 is 15.8 Å². The molecule has 1 aliphatic heterocycles. The Morgan fingerprint density at radius 1 is 1.13 bits per heavy atom. The van der Waals surface area contributed by atoms with Crippen LogP contribution in [0, 0.1) is 5.82 Å². The molecule has 0 saturated carbocycles. The van der Waals surface area contributed by atoms with Crippen LogP contribution in [0.3, 0.4) is 0 Å². The van der Waals surface area contributed by atoms with Gasteiger partial charge in [-0.1, -0.05) is 30.3 Å². The van der Waals surface area contributed by atoms with Gasteiger partial charge in [-0.3, -0.25) is 0 Å². The minimum absolute atomic E-state index is 0.198. The molecular weight excluding hydrogens is 419 g/mol. The minimum atomic E-state index is -3.90. The summed E-state index contributed by atoms with van der Waals surface area (Å²) in [6, 6.07) is 15.0. The standard InChI is InChI=1S/C23H23FN2O2S2/c1-25-15-17-13-23(21-7-2-3-8-22(21)24)26(16-17)30(27,28)20-6-4-5-19(14-20)18-9-11-29-12-10-18/h2-9,13-14,16,25H,10-12,15H2,1H3. The van der Waals surface area contributed by atoms with Gasteiger partial charge in [0.05, 0.1) is 10.6 Å². The zero-order valence-electron chi connectivity index (χ0n) is 16.6. The third-order valence-electron chi connectivity index (χ3n) is 5.10. The molecule has 1 aliphatic rings. The highest BCUT2D eigenvalue weighted by atomic mass is 32.2. The van der Waals surface area contributed by atoms with Gasteiger partial charge in [0.2, 0.25) is 0 Å². The molecule has 0 spiro atoms. The average Bonchev–Trinajstić information content (AvgIpc) is 3.20. The van der Waals surface area contributed by atoms with E-state index in [9.17, 15) is 12.8 Å². The predicted molar refractivity (Wildman–Crippen MR) is 122 cm³/mol. The maximum absolute atomic E-state index is 14.5. The molecular formula is C23H23FN2O2S2. The molecule has 0 bridgehead atoms. The Labute approximate surface area is 180 Å². The van der Waals surface area contributed by atoms with Crippen molar-refractivity contribution in [3.8, 4) is 11.3 Å². The van der Waals surface area contributed by atoms with E-state index in [0.29, 0.717) is 12.2 Å². The van der Waals surface area contributed by atoms with Gasteiger partial charge in [0.25, 0.3) is 10.0 Å². The number of benzene rings is 2. The zero-order valence-corrected chi connectivity index (χ0v) is 18.3. The summed E-state index contributed by atoms with van der Waals surface area (Å²) in [6.45, 7) is 0.481. The molecule has 0 saturated heterocycles. The van der Waals surface area contributed by atoms with Gasteiger partial charge in [-0.2, -0.15) is 11.8 Å². The Bertz CT molecular complexity index is 1200. The second kappa shape index (κ2) is 8.79. The predicted octanol–water partition coefficient (Wildman–Crippen LogP) is 4.77. The Hall–Kier alpha value is -2.35. The highest BCUT2D eigenvalue weighted by Crippen LogP contribution is 2.31. The van der Waals surface area contributed by atoms with Crippen molar-refractivity contribution in [1.82, 2.24) is 9.29 Å². The molecule has 0 atom stereocenters. The molecule has 30 heavy (non-hydrogen) atoms. The lowest BCUT2D eigenvalue weighted by Gasteiger charge is -2.15. The summed E-state index contributed by atoms with van der Waals surface area (Å²) in [5.41, 5.74) is 3.43. The van der Waals surface area contributed by atoms with Gasteiger partial charge in [-0.05, 0) is 66.3 Å². The van der Waals surface area contributed by atoms with Crippen molar-refractivity contribution in [2.75, 3.05) is 18.6 Å². The van der Waals surface area contributed by atoms with Crippen molar-refractivity contribution in [3.63, 3.8) is 0 Å². The summed E-state index contributed by atoms with van der Waals surface area (Å²) >= 11 is 1.87. The van der Waals surface area contributed by atoms with Crippen LogP contribution in [0.1, 0.15) is 17.5 Å². The molecule has 2 aromatic carbocycles. The van der Waals surface area contributed by atoms with Gasteiger partial charge in [0, 0.05) is 24.1 Å². The van der Waals surface area contributed by atoms with Crippen LogP contribution >= 0.6 is 11.8 Å². The second-order valence-electron chi connectivity index (χ2n) is 7.13. The highest BCUT2D eigenvalue weighted by Gasteiger charge is 2.24. The summed E-state index contributed by atoms with van der Waals surface area (Å²) in [5.74, 6) is 1.52. The van der Waals surface area contributed by atoms with E-state index in [1.807, 2.05) is 17.8 Å². The first-order valence-electron chi connectivity index (χ1n) is 9.74. The third kappa shape index (κ3) is 4.10. The number of hydrogen-bond acceptors (Lipinski definition) is 4. The SMILES string of the molecule is CNCc1cc(-c2ccccc2F)n(S(=O)(=O)c2cccc(C3=CCSCC3)c2)c1. The van der Waals surface area contributed by atoms with Gasteiger partial charge >= 0.3 is 0 Å². The van der Waals surface area contributed by atoms with Gasteiger partial charge in [-0.25, -0.2) is 16.8 Å². The van der Waals surface area contributed by atoms with E-state index >= 15 is 0 Å². The number of rotatable bonds is 6. The van der Waals surface area contributed by atoms with Crippen molar-refractivity contribution in [2.24, 2.45) is 0 Å². The van der Waals surface area contributed by atoms with Crippen molar-refractivity contribution >= 4 is 27.4 Å². The van der Waals surface area contributed by atoms with Crippen molar-refractivity contribution in [3.05, 3.63) is 83.8 Å². The Kier molecular flexibility index (Phi) is 6.13. The largest absolute Gasteiger partial charge is 0.316 e. The van der Waals surface area contributed by atoms with E-state index in [1.54, 1.807) is 55.7 Å². The summed E-state index contributed by atoms with van der Waals surface area (Å²) in [7, 11) is -2.12. The Morgan fingerprint density at radius 3 is 2.70 bits per heavy atom. The van der Waals surface area contributed by atoms with E-state index in [4.69, 9.17) is 0 Å². The molecule has 7 heteroatoms. The Balaban J connectivity index is 1.83. The van der Waals surface area contributed by atoms with Gasteiger partial charge in [0.1, 0.15) is 5.82 Å². The summed E-state index contributed by atoms with van der Waals surface area (Å²) in [4.78, 5) is 0.198. The molecule has 156 valence electrons. The van der Waals surface area contributed by atoms with Crippen LogP contribution in [0.25, 0.3) is 16.8 Å². The first kappa shape index (κ1) is 20.9. The molecule has 3 aromatic rings. The van der Waals surface area contributed by atoms with Crippen molar-refractivity contribution in [2.45, 2.75) is 17.9 Å². The maximum atomic E-state index is 14.5. The molecule has 1 N–H and O–H groups in total. The average molecular weight is 443 g/mol. The molecule has 1 aromatic heterocycles. The lowest BCUT2D eigenvalue weighted by molar-refractivity contribution is 0.587. The molecule has 0 unspecified atom stereocenters. The number of aromatic nitrogens is 1. The number of thioether (sulfide) groups is 1. The number of nitrogens with one attached hydrogen (secondary N) is 1. The topological polar surface area (TPSA) is 51.1 Å². The third-order valence-corrected chi connectivity index (χ3v) is 7.66. The Morgan fingerprint density at radius 2 is 1.97 bits per heavy atom. The van der Waals surface area contributed by atoms with Crippen molar-refractivity contribution in [1.29, 1.82) is 0 Å². The fourth-order valence-electron chi connectivity index (χ4n) is 3.62. The van der Waals surface area contributed by atoms with E-state index in [2.05, 4.69) is 11.4 Å². The maximum Gasteiger partial charge on any atom is 0.268 e. The summed E-state index contributed by atoms with van der Waals surface area (Å²) in [5, 5.41) is 3.02. The summed E-state index contributed by atoms with van der Waals surface area (Å²) in [6.07, 6.45) is 4.65. The quantitative estimate of drug-likeness (QED) is 0.597. The van der Waals surface area contributed by atoms with Gasteiger partial charge in [-0.15, -0.1) is 0 Å². The molecule has 0 aliphatic carbocycles. The lowest BCUT2D eigenvalue weighted by Crippen LogP contribution is -2.14. The number of halogens is 1. The lowest BCUT2D eigenvalue weighted by atomic mass is 10.0. The van der Waals surface area contributed by atoms with Gasteiger partial charge < -0.3 is 5.32 Å². The van der Waals surface area contributed by atoms with Crippen LogP contribution in [0.2, 0.25) is 0 Å². The smallest absolute Gasteiger partial charge is 0.268 e. The van der Waals surface area contributed by atoms with Gasteiger partial charge in [0.15, 0.2) is 0 Å². The number of nitrogens with zero attached hydrogens (tertiary/aromatic N) is 1. The van der Waals surface area contributed by atoms with E-state index in [1.165, 1.54) is 15.6 Å². The molecule has 4 nitrogen and oxygen atoms in total. The fourth-order valence-corrected chi connectivity index (χ4v) is 5.91.